The average molecular weight is 1220 g/mol. The van der Waals surface area contributed by atoms with E-state index >= 15 is 0 Å². The zero-order chi connectivity index (χ0) is 62.6. The van der Waals surface area contributed by atoms with Gasteiger partial charge in [-0.25, -0.2) is 0 Å². The maximum atomic E-state index is 12.3. The number of phenols is 1. The smallest absolute Gasteiger partial charge is 0.128 e. The summed E-state index contributed by atoms with van der Waals surface area (Å²) in [5.41, 5.74) is 1.27. The van der Waals surface area contributed by atoms with Crippen LogP contribution in [-0.2, 0) is 6.54 Å². The molecule has 0 saturated carbocycles. The van der Waals surface area contributed by atoms with Crippen molar-refractivity contribution in [2.45, 2.75) is 175 Å². The number of nitrogens with zero attached hydrogens (tertiary/aromatic N) is 1. The number of benzene rings is 8. The summed E-state index contributed by atoms with van der Waals surface area (Å²) in [5.74, 6) is 5.02. The Morgan fingerprint density at radius 1 is 0.275 bits per heavy atom. The summed E-state index contributed by atoms with van der Waals surface area (Å²) in [7, 11) is 0. The molecule has 1 saturated heterocycles. The van der Waals surface area contributed by atoms with Gasteiger partial charge in [-0.2, -0.15) is 0 Å². The van der Waals surface area contributed by atoms with E-state index in [0.717, 1.165) is 173 Å². The molecule has 478 valence electrons. The third kappa shape index (κ3) is 15.3. The molecule has 0 bridgehead atoms. The summed E-state index contributed by atoms with van der Waals surface area (Å²) in [6.07, 6.45) is 25.5. The average Bonchev–Trinajstić information content (AvgIpc) is 0.864. The number of fused-ring (bicyclic) bond motifs is 8. The summed E-state index contributed by atoms with van der Waals surface area (Å²) in [5, 5.41) is 28.5. The summed E-state index contributed by atoms with van der Waals surface area (Å²) in [4.78, 5) is 2.61. The van der Waals surface area contributed by atoms with Crippen molar-refractivity contribution >= 4 is 0 Å². The lowest BCUT2D eigenvalue weighted by atomic mass is 9.98. The van der Waals surface area contributed by atoms with Gasteiger partial charge in [0.25, 0.3) is 0 Å². The number of hydrogen-bond donors (Lipinski definition) is 1. The molecule has 1 heterocycles. The van der Waals surface area contributed by atoms with E-state index in [9.17, 15) is 5.11 Å². The zero-order valence-electron chi connectivity index (χ0n) is 55.1. The van der Waals surface area contributed by atoms with E-state index < -0.39 is 0 Å². The first-order chi connectivity index (χ1) is 45.0. The fourth-order valence-corrected chi connectivity index (χ4v) is 14.1. The van der Waals surface area contributed by atoms with Gasteiger partial charge in [0.15, 0.2) is 0 Å². The van der Waals surface area contributed by atoms with Gasteiger partial charge in [-0.1, -0.05) is 234 Å². The van der Waals surface area contributed by atoms with E-state index in [2.05, 4.69) is 160 Å². The maximum Gasteiger partial charge on any atom is 0.128 e. The van der Waals surface area contributed by atoms with E-state index in [0.29, 0.717) is 37.4 Å². The Kier molecular flexibility index (Phi) is 23.6. The highest BCUT2D eigenvalue weighted by Crippen LogP contribution is 2.32. The molecular formula is C83H99NO7. The number of hydrogen-bond acceptors (Lipinski definition) is 8. The van der Waals surface area contributed by atoms with E-state index in [4.69, 9.17) is 28.4 Å². The first-order valence-electron chi connectivity index (χ1n) is 35.3. The third-order valence-corrected chi connectivity index (χ3v) is 18.7. The van der Waals surface area contributed by atoms with Crippen LogP contribution in [0, 0.1) is 83.5 Å². The predicted molar refractivity (Wildman–Crippen MR) is 367 cm³/mol. The first kappa shape index (κ1) is 64.8. The molecule has 0 unspecified atom stereocenters. The first-order valence-corrected chi connectivity index (χ1v) is 35.3. The molecule has 91 heavy (non-hydrogen) atoms. The molecule has 8 heteroatoms. The van der Waals surface area contributed by atoms with Crippen molar-refractivity contribution < 1.29 is 33.5 Å². The molecule has 2 aliphatic carbocycles. The lowest BCUT2D eigenvalue weighted by molar-refractivity contribution is 0.215. The largest absolute Gasteiger partial charge is 0.507 e. The molecule has 8 aromatic carbocycles. The third-order valence-electron chi connectivity index (χ3n) is 18.7. The minimum Gasteiger partial charge on any atom is -0.507 e. The molecule has 0 spiro atoms. The van der Waals surface area contributed by atoms with Crippen LogP contribution in [0.2, 0.25) is 0 Å². The second-order valence-electron chi connectivity index (χ2n) is 25.3. The van der Waals surface area contributed by atoms with Gasteiger partial charge in [-0.15, -0.1) is 0 Å². The van der Waals surface area contributed by atoms with Gasteiger partial charge in [-0.05, 0) is 147 Å². The lowest BCUT2D eigenvalue weighted by Gasteiger charge is -2.17. The Morgan fingerprint density at radius 2 is 0.527 bits per heavy atom. The standard InChI is InChI=1S/C83H99NO7/c1-5-9-13-17-23-53-86-72-47-29-38-63-61-36-27-35-60(59-84-51-21-22-52-84)76(61)78-65(67-42-33-49-74(82(67)80(63)72)88-55-25-19-15-11-7-3)40-31-45-70(78)90-57-58-91-71-46-32-41-66-68-43-34-50-75(89-56-26-20-16-12-8-4)83(68)81-64(62-37-28-44-69(85)77(62)79(66)71)39-30-48-73(81)87-54-24-18-14-10-6-2/h27-50,85H,5-26,51-59H2,1-4H3/b63-61-,64-62-,67-65-,68-66-,78-76+,79-77-,82-80-,83-81-. The van der Waals surface area contributed by atoms with Gasteiger partial charge in [0, 0.05) is 43.1 Å². The molecule has 1 N–H and O–H groups in total. The van der Waals surface area contributed by atoms with E-state index in [1.54, 1.807) is 6.07 Å². The van der Waals surface area contributed by atoms with Crippen LogP contribution in [0.1, 0.15) is 175 Å². The molecule has 3 aliphatic rings. The number of aromatic hydroxyl groups is 1. The maximum absolute atomic E-state index is 12.3. The van der Waals surface area contributed by atoms with Crippen molar-refractivity contribution in [2.75, 3.05) is 52.7 Å². The molecule has 0 radical (unpaired) electrons. The molecule has 1 fully saturated rings. The number of phenolic OH excluding ortho intramolecular Hbond substituents is 1. The van der Waals surface area contributed by atoms with Gasteiger partial charge in [0.2, 0.25) is 0 Å². The topological polar surface area (TPSA) is 78.9 Å². The normalized spacial score (nSPS) is 15.9. The van der Waals surface area contributed by atoms with Crippen LogP contribution in [0.3, 0.4) is 0 Å². The number of likely N-dealkylation sites (tertiary alicyclic amines) is 1. The van der Waals surface area contributed by atoms with Crippen LogP contribution >= 0.6 is 0 Å². The summed E-state index contributed by atoms with van der Waals surface area (Å²) < 4.78 is 42.0. The Bertz CT molecular complexity index is 4590. The number of unbranched alkanes of at least 4 members (excludes halogenated alkanes) is 16. The van der Waals surface area contributed by atoms with Crippen molar-refractivity contribution in [3.63, 3.8) is 0 Å². The Labute approximate surface area is 538 Å². The van der Waals surface area contributed by atoms with Crippen molar-refractivity contribution in [3.8, 4) is 40.2 Å². The highest BCUT2D eigenvalue weighted by Gasteiger charge is 2.18. The fourth-order valence-electron chi connectivity index (χ4n) is 14.1. The molecule has 11 rings (SSSR count). The summed E-state index contributed by atoms with van der Waals surface area (Å²) >= 11 is 0. The highest BCUT2D eigenvalue weighted by atomic mass is 16.5. The predicted octanol–water partition coefficient (Wildman–Crippen LogP) is 19.8. The van der Waals surface area contributed by atoms with Crippen LogP contribution in [-0.4, -0.2) is 62.7 Å². The molecule has 8 aromatic rings. The van der Waals surface area contributed by atoms with E-state index in [1.165, 1.54) is 101 Å². The summed E-state index contributed by atoms with van der Waals surface area (Å²) in [6.45, 7) is 15.0. The molecule has 1 aliphatic heterocycles. The fraction of sp³-hybridized carbons (Fsp3) is 0.422. The number of rotatable bonds is 35. The van der Waals surface area contributed by atoms with Gasteiger partial charge < -0.3 is 33.5 Å². The quantitative estimate of drug-likeness (QED) is 0.0394. The second kappa shape index (κ2) is 33.1. The highest BCUT2D eigenvalue weighted by molar-refractivity contribution is 5.46. The molecule has 8 nitrogen and oxygen atoms in total. The van der Waals surface area contributed by atoms with Gasteiger partial charge in [-0.3, -0.25) is 4.90 Å². The van der Waals surface area contributed by atoms with Crippen LogP contribution in [0.25, 0.3) is 0 Å². The molecule has 0 aromatic heterocycles. The van der Waals surface area contributed by atoms with Crippen molar-refractivity contribution in [2.24, 2.45) is 0 Å². The van der Waals surface area contributed by atoms with Crippen molar-refractivity contribution in [3.05, 3.63) is 235 Å². The Balaban J connectivity index is 1.07. The minimum absolute atomic E-state index is 0.178. The minimum atomic E-state index is 0.178. The van der Waals surface area contributed by atoms with Crippen molar-refractivity contribution in [1.29, 1.82) is 0 Å². The van der Waals surface area contributed by atoms with Crippen LogP contribution in [0.4, 0.5) is 0 Å². The Hall–Kier alpha value is -7.68. The van der Waals surface area contributed by atoms with Gasteiger partial charge >= 0.3 is 0 Å². The van der Waals surface area contributed by atoms with Crippen LogP contribution in [0.5, 0.6) is 40.2 Å². The molecular weight excluding hydrogens is 1120 g/mol. The SMILES string of the molecule is CCCCCCCOc1cccc2/c1=c1/c(OCCCCCCC)ccc/c1=c1\cccc(OCCOc3cccc4/c3=c3/c(CN5CCCC5)ccc/c3=c3\cccc(OCCCCCCC)\c3=c3/c(OCCCCCCC)ccc/c3=4)\c1=c1/c(O)ccc/c1=2. The van der Waals surface area contributed by atoms with E-state index in [1.807, 2.05) is 12.1 Å². The second-order valence-corrected chi connectivity index (χ2v) is 25.3. The number of ether oxygens (including phenoxy) is 6. The van der Waals surface area contributed by atoms with Gasteiger partial charge in [0.05, 0.1) is 26.4 Å². The molecule has 0 atom stereocenters. The Morgan fingerprint density at radius 3 is 0.857 bits per heavy atom. The summed E-state index contributed by atoms with van der Waals surface area (Å²) in [6, 6.07) is 51.6. The lowest BCUT2D eigenvalue weighted by Crippen LogP contribution is -2.19. The van der Waals surface area contributed by atoms with Crippen LogP contribution < -0.4 is 28.4 Å². The monoisotopic (exact) mass is 1220 g/mol. The molecule has 0 amide bonds. The zero-order valence-corrected chi connectivity index (χ0v) is 55.1. The van der Waals surface area contributed by atoms with E-state index in [-0.39, 0.29) is 19.0 Å². The van der Waals surface area contributed by atoms with Gasteiger partial charge in [0.1, 0.15) is 53.5 Å². The van der Waals surface area contributed by atoms with Crippen molar-refractivity contribution in [1.82, 2.24) is 4.90 Å². The van der Waals surface area contributed by atoms with Crippen LogP contribution in [0.15, 0.2) is 146 Å².